The molecule has 1 N–H and O–H groups in total. The molecule has 1 amide bonds. The summed E-state index contributed by atoms with van der Waals surface area (Å²) in [7, 11) is 0. The Morgan fingerprint density at radius 2 is 2.00 bits per heavy atom. The fourth-order valence-corrected chi connectivity index (χ4v) is 3.10. The van der Waals surface area contributed by atoms with Crippen molar-refractivity contribution in [3.05, 3.63) is 71.3 Å². The van der Waals surface area contributed by atoms with Gasteiger partial charge in [-0.1, -0.05) is 36.4 Å². The zero-order valence-corrected chi connectivity index (χ0v) is 17.3. The minimum atomic E-state index is -0.161. The van der Waals surface area contributed by atoms with Crippen LogP contribution in [0.2, 0.25) is 5.02 Å². The first-order chi connectivity index (χ1) is 13.6. The van der Waals surface area contributed by atoms with E-state index in [2.05, 4.69) is 17.1 Å². The van der Waals surface area contributed by atoms with Gasteiger partial charge in [0.05, 0.1) is 18.6 Å². The fourth-order valence-electron chi connectivity index (χ4n) is 2.19. The zero-order valence-electron chi connectivity index (χ0n) is 15.7. The first-order valence-corrected chi connectivity index (χ1v) is 10.3. The molecule has 0 aliphatic heterocycles. The lowest BCUT2D eigenvalue weighted by atomic mass is 10.2. The van der Waals surface area contributed by atoms with Gasteiger partial charge < -0.3 is 9.47 Å². The van der Waals surface area contributed by atoms with Crippen LogP contribution in [0.4, 0.5) is 0 Å². The summed E-state index contributed by atoms with van der Waals surface area (Å²) < 4.78 is 11.1. The summed E-state index contributed by atoms with van der Waals surface area (Å²) in [5.41, 5.74) is 4.44. The molecule has 5 nitrogen and oxygen atoms in total. The van der Waals surface area contributed by atoms with Crippen LogP contribution in [0, 0.1) is 0 Å². The van der Waals surface area contributed by atoms with Gasteiger partial charge in [0.25, 0.3) is 0 Å². The van der Waals surface area contributed by atoms with Crippen LogP contribution in [0.3, 0.4) is 0 Å². The summed E-state index contributed by atoms with van der Waals surface area (Å²) in [4.78, 5) is 11.9. The molecule has 0 bridgehead atoms. The Morgan fingerprint density at radius 1 is 1.21 bits per heavy atom. The van der Waals surface area contributed by atoms with Crippen molar-refractivity contribution in [3.8, 4) is 11.5 Å². The summed E-state index contributed by atoms with van der Waals surface area (Å²) in [6.07, 6.45) is 3.24. The Bertz CT molecular complexity index is 810. The summed E-state index contributed by atoms with van der Waals surface area (Å²) in [5.74, 6) is 2.15. The third-order valence-corrected chi connectivity index (χ3v) is 4.70. The molecular formula is C21H23ClN2O3S. The number of carbonyl (C=O) groups excluding carboxylic acids is 1. The highest BCUT2D eigenvalue weighted by molar-refractivity contribution is 7.99. The number of benzene rings is 2. The molecule has 0 radical (unpaired) electrons. The minimum absolute atomic E-state index is 0.161. The van der Waals surface area contributed by atoms with Crippen molar-refractivity contribution in [2.45, 2.75) is 12.7 Å². The Kier molecular flexibility index (Phi) is 9.45. The Morgan fingerprint density at radius 3 is 2.71 bits per heavy atom. The lowest BCUT2D eigenvalue weighted by Crippen LogP contribution is -2.19. The highest BCUT2D eigenvalue weighted by atomic mass is 35.5. The number of hydrogen-bond donors (Lipinski definition) is 1. The molecule has 7 heteroatoms. The van der Waals surface area contributed by atoms with Crippen LogP contribution in [-0.4, -0.2) is 31.1 Å². The third kappa shape index (κ3) is 7.66. The first kappa shape index (κ1) is 21.9. The number of hydrogen-bond acceptors (Lipinski definition) is 5. The largest absolute Gasteiger partial charge is 0.490 e. The Balaban J connectivity index is 1.82. The molecule has 0 aromatic heterocycles. The molecule has 28 heavy (non-hydrogen) atoms. The highest BCUT2D eigenvalue weighted by Crippen LogP contribution is 2.28. The van der Waals surface area contributed by atoms with E-state index in [1.165, 1.54) is 11.8 Å². The van der Waals surface area contributed by atoms with E-state index in [9.17, 15) is 4.79 Å². The number of nitrogens with zero attached hydrogens (tertiary/aromatic N) is 1. The molecule has 0 aliphatic rings. The summed E-state index contributed by atoms with van der Waals surface area (Å²) in [6.45, 7) is 6.46. The first-order valence-electron chi connectivity index (χ1n) is 8.77. The van der Waals surface area contributed by atoms with Crippen LogP contribution >= 0.6 is 23.4 Å². The molecular weight excluding hydrogens is 396 g/mol. The summed E-state index contributed by atoms with van der Waals surface area (Å²) in [6, 6.07) is 13.0. The average Bonchev–Trinajstić information content (AvgIpc) is 2.69. The molecule has 148 valence electrons. The van der Waals surface area contributed by atoms with Crippen molar-refractivity contribution in [3.63, 3.8) is 0 Å². The number of amides is 1. The van der Waals surface area contributed by atoms with Crippen LogP contribution < -0.4 is 14.9 Å². The second-order valence-electron chi connectivity index (χ2n) is 5.65. The second-order valence-corrected chi connectivity index (χ2v) is 7.07. The van der Waals surface area contributed by atoms with E-state index in [1.54, 1.807) is 18.4 Å². The molecule has 0 spiro atoms. The molecule has 0 saturated heterocycles. The SMILES string of the molecule is C=CCOc1ccc(/C=N/NC(=O)CSCc2ccc(Cl)cc2)cc1OCC. The van der Waals surface area contributed by atoms with Crippen LogP contribution in [0.15, 0.2) is 60.2 Å². The maximum absolute atomic E-state index is 11.9. The number of carbonyl (C=O) groups is 1. The topological polar surface area (TPSA) is 59.9 Å². The van der Waals surface area contributed by atoms with Crippen molar-refractivity contribution in [2.24, 2.45) is 5.10 Å². The van der Waals surface area contributed by atoms with Crippen LogP contribution in [0.5, 0.6) is 11.5 Å². The number of hydrazone groups is 1. The van der Waals surface area contributed by atoms with Gasteiger partial charge in [0.1, 0.15) is 6.61 Å². The van der Waals surface area contributed by atoms with Crippen LogP contribution in [-0.2, 0) is 10.5 Å². The number of nitrogens with one attached hydrogen (secondary N) is 1. The lowest BCUT2D eigenvalue weighted by Gasteiger charge is -2.11. The fraction of sp³-hybridized carbons (Fsp3) is 0.238. The van der Waals surface area contributed by atoms with E-state index in [0.717, 1.165) is 16.9 Å². The van der Waals surface area contributed by atoms with Crippen molar-refractivity contribution >= 4 is 35.5 Å². The quantitative estimate of drug-likeness (QED) is 0.327. The van der Waals surface area contributed by atoms with Crippen LogP contribution in [0.25, 0.3) is 0 Å². The smallest absolute Gasteiger partial charge is 0.250 e. The second kappa shape index (κ2) is 12.1. The molecule has 0 fully saturated rings. The molecule has 2 rings (SSSR count). The zero-order chi connectivity index (χ0) is 20.2. The van der Waals surface area contributed by atoms with Gasteiger partial charge in [-0.05, 0) is 48.4 Å². The summed E-state index contributed by atoms with van der Waals surface area (Å²) in [5, 5.41) is 4.71. The molecule has 0 atom stereocenters. The summed E-state index contributed by atoms with van der Waals surface area (Å²) >= 11 is 7.37. The van der Waals surface area contributed by atoms with E-state index >= 15 is 0 Å². The molecule has 2 aromatic carbocycles. The standard InChI is InChI=1S/C21H23ClN2O3S/c1-3-11-27-19-10-7-17(12-20(19)26-4-2)13-23-24-21(25)15-28-14-16-5-8-18(22)9-6-16/h3,5-10,12-13H,1,4,11,14-15H2,2H3,(H,24,25)/b23-13+. The van der Waals surface area contributed by atoms with Gasteiger partial charge in [-0.25, -0.2) is 5.43 Å². The number of thioether (sulfide) groups is 1. The van der Waals surface area contributed by atoms with Crippen molar-refractivity contribution in [1.29, 1.82) is 0 Å². The number of rotatable bonds is 11. The number of ether oxygens (including phenoxy) is 2. The van der Waals surface area contributed by atoms with E-state index in [1.807, 2.05) is 43.3 Å². The predicted molar refractivity (Wildman–Crippen MR) is 117 cm³/mol. The normalized spacial score (nSPS) is 10.6. The van der Waals surface area contributed by atoms with Crippen molar-refractivity contribution in [1.82, 2.24) is 5.43 Å². The van der Waals surface area contributed by atoms with Crippen molar-refractivity contribution < 1.29 is 14.3 Å². The molecule has 0 saturated carbocycles. The molecule has 0 heterocycles. The monoisotopic (exact) mass is 418 g/mol. The Labute approximate surface area is 174 Å². The number of halogens is 1. The maximum atomic E-state index is 11.9. The van der Waals surface area contributed by atoms with Gasteiger partial charge in [0.2, 0.25) is 5.91 Å². The van der Waals surface area contributed by atoms with Gasteiger partial charge in [0, 0.05) is 10.8 Å². The highest BCUT2D eigenvalue weighted by Gasteiger charge is 2.06. The minimum Gasteiger partial charge on any atom is -0.490 e. The molecule has 0 aliphatic carbocycles. The van der Waals surface area contributed by atoms with E-state index in [0.29, 0.717) is 35.5 Å². The van der Waals surface area contributed by atoms with Gasteiger partial charge in [0.15, 0.2) is 11.5 Å². The maximum Gasteiger partial charge on any atom is 0.250 e. The van der Waals surface area contributed by atoms with Crippen LogP contribution in [0.1, 0.15) is 18.1 Å². The predicted octanol–water partition coefficient (Wildman–Crippen LogP) is 4.69. The average molecular weight is 419 g/mol. The van der Waals surface area contributed by atoms with E-state index in [-0.39, 0.29) is 5.91 Å². The molecule has 0 unspecified atom stereocenters. The molecule has 2 aromatic rings. The van der Waals surface area contributed by atoms with E-state index in [4.69, 9.17) is 21.1 Å². The van der Waals surface area contributed by atoms with E-state index < -0.39 is 0 Å². The van der Waals surface area contributed by atoms with Gasteiger partial charge in [-0.15, -0.1) is 11.8 Å². The third-order valence-electron chi connectivity index (χ3n) is 3.44. The van der Waals surface area contributed by atoms with Gasteiger partial charge in [-0.2, -0.15) is 5.10 Å². The van der Waals surface area contributed by atoms with Crippen molar-refractivity contribution in [2.75, 3.05) is 19.0 Å². The lowest BCUT2D eigenvalue weighted by molar-refractivity contribution is -0.118. The Hall–Kier alpha value is -2.44. The van der Waals surface area contributed by atoms with Gasteiger partial charge in [-0.3, -0.25) is 4.79 Å². The van der Waals surface area contributed by atoms with Gasteiger partial charge >= 0.3 is 0 Å².